The van der Waals surface area contributed by atoms with Gasteiger partial charge in [0.15, 0.2) is 5.96 Å². The lowest BCUT2D eigenvalue weighted by molar-refractivity contribution is -0.141. The number of aliphatic imine (C=N–C) groups is 1. The Morgan fingerprint density at radius 1 is 1.12 bits per heavy atom. The molecule has 3 rings (SSSR count). The number of anilines is 1. The summed E-state index contributed by atoms with van der Waals surface area (Å²) < 4.78 is 38.1. The molecule has 0 unspecified atom stereocenters. The van der Waals surface area contributed by atoms with Gasteiger partial charge in [-0.25, -0.2) is 9.97 Å². The molecule has 0 spiro atoms. The van der Waals surface area contributed by atoms with E-state index in [9.17, 15) is 13.2 Å². The van der Waals surface area contributed by atoms with Crippen LogP contribution in [-0.2, 0) is 6.18 Å². The Morgan fingerprint density at radius 2 is 1.84 bits per heavy atom. The summed E-state index contributed by atoms with van der Waals surface area (Å²) in [6.45, 7) is 4.32. The minimum absolute atomic E-state index is 0. The molecule has 2 fully saturated rings. The average Bonchev–Trinajstić information content (AvgIpc) is 2.77. The fraction of sp³-hybridized carbons (Fsp3) is 0.762. The van der Waals surface area contributed by atoms with Crippen LogP contribution < -0.4 is 16.0 Å². The van der Waals surface area contributed by atoms with Crippen LogP contribution in [0.1, 0.15) is 50.6 Å². The standard InChI is InChI=1S/C21H34F3N7.HI/c1-25-19(27-11-12-28-20-26-10-7-18(30-20)21(22,23)24)29-17-8-13-31(14-9-17)15-16-5-3-2-4-6-16;/h7,10,16-17H,2-6,8-9,11-15H2,1H3,(H2,25,27,29)(H,26,28,30);1H. The minimum atomic E-state index is -4.48. The van der Waals surface area contributed by atoms with Gasteiger partial charge in [0.05, 0.1) is 0 Å². The third-order valence-corrected chi connectivity index (χ3v) is 6.04. The molecule has 32 heavy (non-hydrogen) atoms. The quantitative estimate of drug-likeness (QED) is 0.201. The van der Waals surface area contributed by atoms with Crippen molar-refractivity contribution in [3.8, 4) is 0 Å². The average molecular weight is 569 g/mol. The Morgan fingerprint density at radius 3 is 2.50 bits per heavy atom. The molecule has 2 heterocycles. The second-order valence-electron chi connectivity index (χ2n) is 8.41. The van der Waals surface area contributed by atoms with Gasteiger partial charge in [0.25, 0.3) is 0 Å². The fourth-order valence-corrected chi connectivity index (χ4v) is 4.34. The third kappa shape index (κ3) is 8.87. The summed E-state index contributed by atoms with van der Waals surface area (Å²) in [5.74, 6) is 1.54. The van der Waals surface area contributed by atoms with Gasteiger partial charge in [-0.05, 0) is 37.7 Å². The van der Waals surface area contributed by atoms with Crippen molar-refractivity contribution in [3.63, 3.8) is 0 Å². The first-order valence-electron chi connectivity index (χ1n) is 11.3. The second-order valence-corrected chi connectivity index (χ2v) is 8.41. The van der Waals surface area contributed by atoms with E-state index >= 15 is 0 Å². The van der Waals surface area contributed by atoms with E-state index in [0.29, 0.717) is 25.1 Å². The van der Waals surface area contributed by atoms with Crippen LogP contribution in [-0.4, -0.2) is 66.6 Å². The van der Waals surface area contributed by atoms with Crippen LogP contribution in [0.2, 0.25) is 0 Å². The van der Waals surface area contributed by atoms with Gasteiger partial charge >= 0.3 is 6.18 Å². The largest absolute Gasteiger partial charge is 0.433 e. The van der Waals surface area contributed by atoms with E-state index in [-0.39, 0.29) is 29.9 Å². The number of aromatic nitrogens is 2. The highest BCUT2D eigenvalue weighted by molar-refractivity contribution is 14.0. The second kappa shape index (κ2) is 13.4. The van der Waals surface area contributed by atoms with Crippen molar-refractivity contribution in [1.82, 2.24) is 25.5 Å². The molecule has 1 aliphatic carbocycles. The number of rotatable bonds is 7. The van der Waals surface area contributed by atoms with E-state index in [0.717, 1.165) is 44.1 Å². The number of alkyl halides is 3. The zero-order chi connectivity index (χ0) is 22.1. The molecule has 0 aromatic carbocycles. The first-order valence-corrected chi connectivity index (χ1v) is 11.3. The minimum Gasteiger partial charge on any atom is -0.355 e. The lowest BCUT2D eigenvalue weighted by atomic mass is 9.88. The van der Waals surface area contributed by atoms with Gasteiger partial charge < -0.3 is 20.9 Å². The van der Waals surface area contributed by atoms with Gasteiger partial charge in [0.1, 0.15) is 5.69 Å². The number of halogens is 4. The van der Waals surface area contributed by atoms with Crippen molar-refractivity contribution in [2.24, 2.45) is 10.9 Å². The van der Waals surface area contributed by atoms with E-state index in [1.165, 1.54) is 38.6 Å². The summed E-state index contributed by atoms with van der Waals surface area (Å²) in [6.07, 6.45) is 5.74. The molecule has 0 amide bonds. The van der Waals surface area contributed by atoms with Gasteiger partial charge in [-0.2, -0.15) is 13.2 Å². The molecule has 0 bridgehead atoms. The molecular weight excluding hydrogens is 534 g/mol. The van der Waals surface area contributed by atoms with Crippen LogP contribution in [0.15, 0.2) is 17.3 Å². The molecule has 7 nitrogen and oxygen atoms in total. The molecule has 0 atom stereocenters. The smallest absolute Gasteiger partial charge is 0.355 e. The maximum absolute atomic E-state index is 12.7. The molecule has 11 heteroatoms. The molecule has 2 aliphatic rings. The molecule has 1 saturated heterocycles. The first kappa shape index (κ1) is 26.9. The number of guanidine groups is 1. The first-order chi connectivity index (χ1) is 14.9. The Bertz CT molecular complexity index is 703. The van der Waals surface area contributed by atoms with Gasteiger partial charge in [-0.1, -0.05) is 19.3 Å². The van der Waals surface area contributed by atoms with Gasteiger partial charge in [-0.3, -0.25) is 4.99 Å². The zero-order valence-corrected chi connectivity index (χ0v) is 21.0. The predicted octanol–water partition coefficient (Wildman–Crippen LogP) is 3.74. The van der Waals surface area contributed by atoms with Crippen LogP contribution in [0.4, 0.5) is 19.1 Å². The van der Waals surface area contributed by atoms with Crippen LogP contribution in [0.3, 0.4) is 0 Å². The molecule has 3 N–H and O–H groups in total. The molecule has 0 radical (unpaired) electrons. The highest BCUT2D eigenvalue weighted by Crippen LogP contribution is 2.27. The third-order valence-electron chi connectivity index (χ3n) is 6.04. The lowest BCUT2D eigenvalue weighted by Gasteiger charge is -2.36. The molecule has 1 aliphatic heterocycles. The number of nitrogens with zero attached hydrogens (tertiary/aromatic N) is 4. The Balaban J connectivity index is 0.00000363. The van der Waals surface area contributed by atoms with E-state index in [1.54, 1.807) is 7.05 Å². The highest BCUT2D eigenvalue weighted by Gasteiger charge is 2.32. The van der Waals surface area contributed by atoms with Crippen LogP contribution in [0.5, 0.6) is 0 Å². The van der Waals surface area contributed by atoms with Crippen molar-refractivity contribution in [2.45, 2.75) is 57.2 Å². The Kier molecular flexibility index (Phi) is 11.2. The number of piperidine rings is 1. The van der Waals surface area contributed by atoms with Crippen molar-refractivity contribution in [3.05, 3.63) is 18.0 Å². The highest BCUT2D eigenvalue weighted by atomic mass is 127. The van der Waals surface area contributed by atoms with E-state index in [2.05, 4.69) is 35.8 Å². The maximum Gasteiger partial charge on any atom is 0.433 e. The summed E-state index contributed by atoms with van der Waals surface area (Å²) >= 11 is 0. The Labute approximate surface area is 205 Å². The van der Waals surface area contributed by atoms with E-state index in [1.807, 2.05) is 0 Å². The fourth-order valence-electron chi connectivity index (χ4n) is 4.34. The molecule has 1 aromatic rings. The van der Waals surface area contributed by atoms with Crippen molar-refractivity contribution in [1.29, 1.82) is 0 Å². The molecular formula is C21H35F3IN7. The van der Waals surface area contributed by atoms with Crippen molar-refractivity contribution < 1.29 is 13.2 Å². The summed E-state index contributed by atoms with van der Waals surface area (Å²) in [5, 5.41) is 9.47. The number of hydrogen-bond donors (Lipinski definition) is 3. The molecule has 182 valence electrons. The number of nitrogens with one attached hydrogen (secondary N) is 3. The number of hydrogen-bond acceptors (Lipinski definition) is 5. The predicted molar refractivity (Wildman–Crippen MR) is 131 cm³/mol. The van der Waals surface area contributed by atoms with Crippen LogP contribution in [0.25, 0.3) is 0 Å². The van der Waals surface area contributed by atoms with E-state index in [4.69, 9.17) is 0 Å². The molecule has 1 saturated carbocycles. The van der Waals surface area contributed by atoms with Crippen LogP contribution >= 0.6 is 24.0 Å². The SMILES string of the molecule is CN=C(NCCNc1nccc(C(F)(F)F)n1)NC1CCN(CC2CCCCC2)CC1.I. The lowest BCUT2D eigenvalue weighted by Crippen LogP contribution is -2.49. The van der Waals surface area contributed by atoms with Crippen LogP contribution in [0, 0.1) is 5.92 Å². The maximum atomic E-state index is 12.7. The van der Waals surface area contributed by atoms with Gasteiger partial charge in [0.2, 0.25) is 5.95 Å². The van der Waals surface area contributed by atoms with Gasteiger partial charge in [0, 0.05) is 52.0 Å². The normalized spacial score (nSPS) is 19.3. The molecule has 1 aromatic heterocycles. The monoisotopic (exact) mass is 569 g/mol. The zero-order valence-electron chi connectivity index (χ0n) is 18.6. The van der Waals surface area contributed by atoms with Gasteiger partial charge in [-0.15, -0.1) is 24.0 Å². The number of likely N-dealkylation sites (tertiary alicyclic amines) is 1. The van der Waals surface area contributed by atoms with Crippen molar-refractivity contribution in [2.75, 3.05) is 45.1 Å². The summed E-state index contributed by atoms with van der Waals surface area (Å²) in [4.78, 5) is 14.2. The van der Waals surface area contributed by atoms with Crippen molar-refractivity contribution >= 4 is 35.9 Å². The topological polar surface area (TPSA) is 77.5 Å². The summed E-state index contributed by atoms with van der Waals surface area (Å²) in [7, 11) is 1.72. The van der Waals surface area contributed by atoms with E-state index < -0.39 is 11.9 Å². The summed E-state index contributed by atoms with van der Waals surface area (Å²) in [6, 6.07) is 1.24. The Hall–Kier alpha value is -1.37. The summed E-state index contributed by atoms with van der Waals surface area (Å²) in [5.41, 5.74) is -0.953.